The zero-order valence-electron chi connectivity index (χ0n) is 8.51. The van der Waals surface area contributed by atoms with Crippen LogP contribution in [0.4, 0.5) is 0 Å². The zero-order chi connectivity index (χ0) is 10.1. The average Bonchev–Trinajstić information content (AvgIpc) is 2.20. The molecule has 0 heterocycles. The van der Waals surface area contributed by atoms with Crippen LogP contribution >= 0.6 is 11.6 Å². The van der Waals surface area contributed by atoms with Gasteiger partial charge in [-0.2, -0.15) is 0 Å². The van der Waals surface area contributed by atoms with Crippen molar-refractivity contribution < 1.29 is 4.74 Å². The van der Waals surface area contributed by atoms with Gasteiger partial charge in [-0.25, -0.2) is 0 Å². The lowest BCUT2D eigenvalue weighted by molar-refractivity contribution is 0.317. The van der Waals surface area contributed by atoms with Crippen LogP contribution in [0.25, 0.3) is 0 Å². The Bertz CT molecular complexity index is 206. The molecule has 74 valence electrons. The Balaban J connectivity index is 0.000000671. The first-order valence-corrected chi connectivity index (χ1v) is 5.09. The lowest BCUT2D eigenvalue weighted by Crippen LogP contribution is -1.93. The third-order valence-corrected chi connectivity index (χ3v) is 1.54. The van der Waals surface area contributed by atoms with Crippen LogP contribution in [0, 0.1) is 0 Å². The lowest BCUT2D eigenvalue weighted by atomic mass is 10.3. The molecule has 0 aliphatic heterocycles. The maximum absolute atomic E-state index is 5.69. The molecule has 0 saturated heterocycles. The summed E-state index contributed by atoms with van der Waals surface area (Å²) in [7, 11) is 0. The Labute approximate surface area is 85.7 Å². The summed E-state index contributed by atoms with van der Waals surface area (Å²) in [6.45, 7) is 6.84. The van der Waals surface area contributed by atoms with E-state index in [-0.39, 0.29) is 0 Å². The standard InChI is InChI=1S/C9H11ClO.C2H6/c1-2-7-11-9-5-3-8(10)4-6-9;1-2/h3-6H,2,7H2,1H3;1-2H3. The van der Waals surface area contributed by atoms with Crippen LogP contribution in [-0.4, -0.2) is 6.61 Å². The molecule has 0 spiro atoms. The summed E-state index contributed by atoms with van der Waals surface area (Å²) >= 11 is 5.69. The van der Waals surface area contributed by atoms with Gasteiger partial charge in [0.1, 0.15) is 5.75 Å². The number of benzene rings is 1. The van der Waals surface area contributed by atoms with Gasteiger partial charge in [0.2, 0.25) is 0 Å². The maximum atomic E-state index is 5.69. The fourth-order valence-electron chi connectivity index (χ4n) is 0.751. The molecule has 0 fully saturated rings. The predicted molar refractivity (Wildman–Crippen MR) is 58.6 cm³/mol. The van der Waals surface area contributed by atoms with E-state index in [0.29, 0.717) is 0 Å². The molecule has 0 aliphatic rings. The molecular formula is C11H17ClO. The van der Waals surface area contributed by atoms with Crippen molar-refractivity contribution in [3.63, 3.8) is 0 Å². The molecule has 0 atom stereocenters. The van der Waals surface area contributed by atoms with Crippen molar-refractivity contribution in [2.45, 2.75) is 27.2 Å². The van der Waals surface area contributed by atoms with Crippen molar-refractivity contribution in [1.82, 2.24) is 0 Å². The summed E-state index contributed by atoms with van der Waals surface area (Å²) in [6, 6.07) is 7.40. The first-order valence-electron chi connectivity index (χ1n) is 4.71. The summed E-state index contributed by atoms with van der Waals surface area (Å²) in [5.74, 6) is 0.885. The van der Waals surface area contributed by atoms with Gasteiger partial charge in [-0.05, 0) is 30.7 Å². The number of hydrogen-bond donors (Lipinski definition) is 0. The van der Waals surface area contributed by atoms with Gasteiger partial charge in [0.15, 0.2) is 0 Å². The van der Waals surface area contributed by atoms with E-state index in [1.54, 1.807) is 0 Å². The van der Waals surface area contributed by atoms with Crippen molar-refractivity contribution in [2.75, 3.05) is 6.61 Å². The predicted octanol–water partition coefficient (Wildman–Crippen LogP) is 4.16. The fraction of sp³-hybridized carbons (Fsp3) is 0.455. The van der Waals surface area contributed by atoms with E-state index in [9.17, 15) is 0 Å². The Hall–Kier alpha value is -0.690. The first kappa shape index (κ1) is 12.3. The van der Waals surface area contributed by atoms with Crippen LogP contribution in [0.15, 0.2) is 24.3 Å². The highest BCUT2D eigenvalue weighted by Gasteiger charge is 1.90. The molecule has 0 saturated carbocycles. The normalized spacial score (nSPS) is 8.62. The van der Waals surface area contributed by atoms with Gasteiger partial charge < -0.3 is 4.74 Å². The van der Waals surface area contributed by atoms with Gasteiger partial charge in [-0.15, -0.1) is 0 Å². The van der Waals surface area contributed by atoms with Crippen LogP contribution in [0.5, 0.6) is 5.75 Å². The molecule has 0 bridgehead atoms. The SMILES string of the molecule is CC.CCCOc1ccc(Cl)cc1. The van der Waals surface area contributed by atoms with Gasteiger partial charge in [0, 0.05) is 5.02 Å². The first-order chi connectivity index (χ1) is 6.33. The smallest absolute Gasteiger partial charge is 0.119 e. The van der Waals surface area contributed by atoms with Gasteiger partial charge >= 0.3 is 0 Å². The molecule has 2 heteroatoms. The van der Waals surface area contributed by atoms with E-state index >= 15 is 0 Å². The number of halogens is 1. The number of ether oxygens (including phenoxy) is 1. The third-order valence-electron chi connectivity index (χ3n) is 1.29. The molecule has 0 unspecified atom stereocenters. The van der Waals surface area contributed by atoms with E-state index in [1.165, 1.54) is 0 Å². The summed E-state index contributed by atoms with van der Waals surface area (Å²) in [5.41, 5.74) is 0. The van der Waals surface area contributed by atoms with Crippen LogP contribution in [0.3, 0.4) is 0 Å². The van der Waals surface area contributed by atoms with Crippen molar-refractivity contribution >= 4 is 11.6 Å². The molecule has 0 aromatic heterocycles. The average molecular weight is 201 g/mol. The molecule has 1 aromatic carbocycles. The van der Waals surface area contributed by atoms with Crippen molar-refractivity contribution in [1.29, 1.82) is 0 Å². The molecule has 0 N–H and O–H groups in total. The minimum atomic E-state index is 0.744. The van der Waals surface area contributed by atoms with Gasteiger partial charge in [-0.1, -0.05) is 32.4 Å². The van der Waals surface area contributed by atoms with Crippen LogP contribution in [-0.2, 0) is 0 Å². The Morgan fingerprint density at radius 2 is 1.69 bits per heavy atom. The molecule has 1 rings (SSSR count). The highest BCUT2D eigenvalue weighted by molar-refractivity contribution is 6.30. The Morgan fingerprint density at radius 3 is 2.15 bits per heavy atom. The van der Waals surface area contributed by atoms with E-state index < -0.39 is 0 Å². The largest absolute Gasteiger partial charge is 0.494 e. The summed E-state index contributed by atoms with van der Waals surface area (Å²) < 4.78 is 5.35. The van der Waals surface area contributed by atoms with E-state index in [2.05, 4.69) is 6.92 Å². The Morgan fingerprint density at radius 1 is 1.15 bits per heavy atom. The Kier molecular flexibility index (Phi) is 7.51. The van der Waals surface area contributed by atoms with E-state index in [0.717, 1.165) is 23.8 Å². The van der Waals surface area contributed by atoms with Gasteiger partial charge in [-0.3, -0.25) is 0 Å². The fourth-order valence-corrected chi connectivity index (χ4v) is 0.877. The van der Waals surface area contributed by atoms with Gasteiger partial charge in [0.05, 0.1) is 6.61 Å². The second-order valence-corrected chi connectivity index (χ2v) is 2.74. The van der Waals surface area contributed by atoms with Crippen molar-refractivity contribution in [3.8, 4) is 5.75 Å². The summed E-state index contributed by atoms with van der Waals surface area (Å²) in [4.78, 5) is 0. The van der Waals surface area contributed by atoms with Crippen LogP contribution in [0.1, 0.15) is 27.2 Å². The van der Waals surface area contributed by atoms with E-state index in [1.807, 2.05) is 38.1 Å². The summed E-state index contributed by atoms with van der Waals surface area (Å²) in [6.07, 6.45) is 1.03. The highest BCUT2D eigenvalue weighted by Crippen LogP contribution is 2.15. The second kappa shape index (κ2) is 7.93. The van der Waals surface area contributed by atoms with Crippen LogP contribution in [0.2, 0.25) is 5.02 Å². The monoisotopic (exact) mass is 200 g/mol. The quantitative estimate of drug-likeness (QED) is 0.712. The number of rotatable bonds is 3. The topological polar surface area (TPSA) is 9.23 Å². The van der Waals surface area contributed by atoms with Gasteiger partial charge in [0.25, 0.3) is 0 Å². The molecule has 13 heavy (non-hydrogen) atoms. The second-order valence-electron chi connectivity index (χ2n) is 2.30. The number of hydrogen-bond acceptors (Lipinski definition) is 1. The zero-order valence-corrected chi connectivity index (χ0v) is 9.27. The molecule has 0 aliphatic carbocycles. The maximum Gasteiger partial charge on any atom is 0.119 e. The van der Waals surface area contributed by atoms with E-state index in [4.69, 9.17) is 16.3 Å². The van der Waals surface area contributed by atoms with Crippen molar-refractivity contribution in [2.24, 2.45) is 0 Å². The lowest BCUT2D eigenvalue weighted by Gasteiger charge is -2.02. The highest BCUT2D eigenvalue weighted by atomic mass is 35.5. The summed E-state index contributed by atoms with van der Waals surface area (Å²) in [5, 5.41) is 0.744. The third kappa shape index (κ3) is 5.53. The minimum Gasteiger partial charge on any atom is -0.494 e. The van der Waals surface area contributed by atoms with Crippen LogP contribution < -0.4 is 4.74 Å². The molecule has 0 amide bonds. The molecule has 1 aromatic rings. The molecule has 1 nitrogen and oxygen atoms in total. The van der Waals surface area contributed by atoms with Crippen molar-refractivity contribution in [3.05, 3.63) is 29.3 Å². The molecule has 0 radical (unpaired) electrons. The minimum absolute atomic E-state index is 0.744. The molecular weight excluding hydrogens is 184 g/mol.